The first kappa shape index (κ1) is 19.3. The summed E-state index contributed by atoms with van der Waals surface area (Å²) in [5.41, 5.74) is 0. The van der Waals surface area contributed by atoms with Gasteiger partial charge in [0.2, 0.25) is 5.95 Å². The van der Waals surface area contributed by atoms with Crippen molar-refractivity contribution in [2.45, 2.75) is 18.9 Å². The molecule has 4 heterocycles. The highest BCUT2D eigenvalue weighted by Crippen LogP contribution is 2.26. The summed E-state index contributed by atoms with van der Waals surface area (Å²) in [7, 11) is 2.07. The van der Waals surface area contributed by atoms with E-state index in [4.69, 9.17) is 9.72 Å². The Bertz CT molecular complexity index is 811. The minimum atomic E-state index is -0.285. The molecule has 150 valence electrons. The van der Waals surface area contributed by atoms with Crippen LogP contribution in [0.25, 0.3) is 0 Å². The Kier molecular flexibility index (Phi) is 5.91. The first-order valence-corrected chi connectivity index (χ1v) is 10.4. The molecular weight excluding hydrogens is 427 g/mol. The van der Waals surface area contributed by atoms with E-state index in [1.54, 1.807) is 6.20 Å². The van der Waals surface area contributed by atoms with Crippen LogP contribution in [0.1, 0.15) is 12.8 Å². The van der Waals surface area contributed by atoms with Gasteiger partial charge in [-0.2, -0.15) is 4.98 Å². The van der Waals surface area contributed by atoms with Crippen molar-refractivity contribution >= 4 is 33.5 Å². The summed E-state index contributed by atoms with van der Waals surface area (Å²) in [6.45, 7) is 4.59. The first-order valence-electron chi connectivity index (χ1n) is 9.56. The molecule has 2 fully saturated rings. The molecule has 0 aromatic carbocycles. The van der Waals surface area contributed by atoms with Crippen LogP contribution in [0, 0.1) is 5.82 Å². The van der Waals surface area contributed by atoms with Gasteiger partial charge in [-0.25, -0.2) is 14.4 Å². The Morgan fingerprint density at radius 2 is 1.89 bits per heavy atom. The number of aromatic nitrogens is 3. The Morgan fingerprint density at radius 3 is 2.61 bits per heavy atom. The number of hydrogen-bond donors (Lipinski definition) is 0. The van der Waals surface area contributed by atoms with Crippen LogP contribution < -0.4 is 14.7 Å². The smallest absolute Gasteiger partial charge is 0.227 e. The van der Waals surface area contributed by atoms with Gasteiger partial charge >= 0.3 is 0 Å². The molecular formula is C19H24BrFN6O. The number of pyridine rings is 1. The standard InChI is InChI=1S/C19H24BrFN6O/c1-25(17-2-5-22-19(24-17)27-8-10-28-11-9-27)15-3-6-26(7-4-15)18-16(21)12-14(20)13-23-18/h2,5,12-13,15H,3-4,6-11H2,1H3. The van der Waals surface area contributed by atoms with E-state index >= 15 is 0 Å². The van der Waals surface area contributed by atoms with Crippen molar-refractivity contribution in [2.75, 3.05) is 61.1 Å². The topological polar surface area (TPSA) is 57.6 Å². The molecule has 0 radical (unpaired) electrons. The normalized spacial score (nSPS) is 18.4. The third kappa shape index (κ3) is 4.20. The molecule has 2 aliphatic rings. The monoisotopic (exact) mass is 450 g/mol. The van der Waals surface area contributed by atoms with Gasteiger partial charge in [-0.15, -0.1) is 0 Å². The van der Waals surface area contributed by atoms with Crippen LogP contribution in [0.2, 0.25) is 0 Å². The number of piperidine rings is 1. The van der Waals surface area contributed by atoms with Crippen molar-refractivity contribution in [3.05, 3.63) is 34.8 Å². The van der Waals surface area contributed by atoms with Gasteiger partial charge in [0.05, 0.1) is 13.2 Å². The van der Waals surface area contributed by atoms with Gasteiger partial charge in [0.1, 0.15) is 5.82 Å². The van der Waals surface area contributed by atoms with Crippen LogP contribution in [-0.4, -0.2) is 67.4 Å². The van der Waals surface area contributed by atoms with Crippen molar-refractivity contribution in [3.63, 3.8) is 0 Å². The van der Waals surface area contributed by atoms with Gasteiger partial charge in [0.25, 0.3) is 0 Å². The molecule has 28 heavy (non-hydrogen) atoms. The summed E-state index contributed by atoms with van der Waals surface area (Å²) in [5.74, 6) is 1.82. The fourth-order valence-electron chi connectivity index (χ4n) is 3.74. The van der Waals surface area contributed by atoms with E-state index < -0.39 is 0 Å². The Labute approximate surface area is 172 Å². The number of halogens is 2. The Hall–Kier alpha value is -2.00. The van der Waals surface area contributed by atoms with E-state index in [2.05, 4.69) is 42.7 Å². The molecule has 9 heteroatoms. The van der Waals surface area contributed by atoms with E-state index in [-0.39, 0.29) is 5.82 Å². The van der Waals surface area contributed by atoms with Crippen LogP contribution in [0.15, 0.2) is 29.0 Å². The number of morpholine rings is 1. The minimum absolute atomic E-state index is 0.285. The number of hydrogen-bond acceptors (Lipinski definition) is 7. The van der Waals surface area contributed by atoms with E-state index in [9.17, 15) is 4.39 Å². The van der Waals surface area contributed by atoms with Gasteiger partial charge in [-0.3, -0.25) is 0 Å². The van der Waals surface area contributed by atoms with Crippen molar-refractivity contribution in [3.8, 4) is 0 Å². The summed E-state index contributed by atoms with van der Waals surface area (Å²) >= 11 is 3.26. The molecule has 0 saturated carbocycles. The molecule has 2 aromatic rings. The van der Waals surface area contributed by atoms with Gasteiger partial charge in [0.15, 0.2) is 11.6 Å². The van der Waals surface area contributed by atoms with E-state index in [0.717, 1.165) is 50.8 Å². The largest absolute Gasteiger partial charge is 0.378 e. The lowest BCUT2D eigenvalue weighted by Gasteiger charge is -2.38. The minimum Gasteiger partial charge on any atom is -0.378 e. The number of rotatable bonds is 4. The summed E-state index contributed by atoms with van der Waals surface area (Å²) in [5, 5.41) is 0. The predicted molar refractivity (Wildman–Crippen MR) is 111 cm³/mol. The van der Waals surface area contributed by atoms with Crippen LogP contribution in [0.5, 0.6) is 0 Å². The van der Waals surface area contributed by atoms with Crippen LogP contribution >= 0.6 is 15.9 Å². The molecule has 0 amide bonds. The summed E-state index contributed by atoms with van der Waals surface area (Å²) in [6, 6.07) is 3.77. The van der Waals surface area contributed by atoms with Gasteiger partial charge in [-0.05, 0) is 40.9 Å². The molecule has 0 bridgehead atoms. The fraction of sp³-hybridized carbons (Fsp3) is 0.526. The lowest BCUT2D eigenvalue weighted by atomic mass is 10.0. The molecule has 4 rings (SSSR count). The number of anilines is 3. The van der Waals surface area contributed by atoms with Crippen molar-refractivity contribution in [1.82, 2.24) is 15.0 Å². The SMILES string of the molecule is CN(c1ccnc(N2CCOCC2)n1)C1CCN(c2ncc(Br)cc2F)CC1. The van der Waals surface area contributed by atoms with Gasteiger partial charge < -0.3 is 19.4 Å². The average molecular weight is 451 g/mol. The van der Waals surface area contributed by atoms with E-state index in [0.29, 0.717) is 29.5 Å². The second-order valence-electron chi connectivity index (χ2n) is 7.10. The van der Waals surface area contributed by atoms with Gasteiger partial charge in [-0.1, -0.05) is 0 Å². The third-order valence-electron chi connectivity index (χ3n) is 5.38. The summed E-state index contributed by atoms with van der Waals surface area (Å²) < 4.78 is 20.3. The molecule has 2 aliphatic heterocycles. The van der Waals surface area contributed by atoms with Crippen molar-refractivity contribution in [2.24, 2.45) is 0 Å². The second kappa shape index (κ2) is 8.57. The van der Waals surface area contributed by atoms with Gasteiger partial charge in [0, 0.05) is 56.1 Å². The maximum atomic E-state index is 14.2. The van der Waals surface area contributed by atoms with Crippen LogP contribution in [-0.2, 0) is 4.74 Å². The molecule has 2 saturated heterocycles. The quantitative estimate of drug-likeness (QED) is 0.709. The molecule has 0 aliphatic carbocycles. The van der Waals surface area contributed by atoms with E-state index in [1.807, 2.05) is 17.2 Å². The summed E-state index contributed by atoms with van der Waals surface area (Å²) in [6.07, 6.45) is 5.31. The Balaban J connectivity index is 1.40. The highest BCUT2D eigenvalue weighted by Gasteiger charge is 2.26. The lowest BCUT2D eigenvalue weighted by Crippen LogP contribution is -2.44. The molecule has 0 unspecified atom stereocenters. The van der Waals surface area contributed by atoms with Crippen LogP contribution in [0.3, 0.4) is 0 Å². The van der Waals surface area contributed by atoms with Crippen molar-refractivity contribution < 1.29 is 9.13 Å². The zero-order valence-electron chi connectivity index (χ0n) is 15.9. The molecule has 0 spiro atoms. The first-order chi connectivity index (χ1) is 13.6. The molecule has 0 N–H and O–H groups in total. The highest BCUT2D eigenvalue weighted by molar-refractivity contribution is 9.10. The predicted octanol–water partition coefficient (Wildman–Crippen LogP) is 2.72. The Morgan fingerprint density at radius 1 is 1.14 bits per heavy atom. The zero-order valence-corrected chi connectivity index (χ0v) is 17.5. The third-order valence-corrected chi connectivity index (χ3v) is 5.82. The number of ether oxygens (including phenoxy) is 1. The van der Waals surface area contributed by atoms with Crippen molar-refractivity contribution in [1.29, 1.82) is 0 Å². The molecule has 2 aromatic heterocycles. The zero-order chi connectivity index (χ0) is 19.5. The fourth-order valence-corrected chi connectivity index (χ4v) is 4.05. The molecule has 0 atom stereocenters. The van der Waals surface area contributed by atoms with Crippen LogP contribution in [0.4, 0.5) is 22.0 Å². The maximum Gasteiger partial charge on any atom is 0.227 e. The number of nitrogens with zero attached hydrogens (tertiary/aromatic N) is 6. The molecule has 7 nitrogen and oxygen atoms in total. The second-order valence-corrected chi connectivity index (χ2v) is 8.02. The maximum absolute atomic E-state index is 14.2. The lowest BCUT2D eigenvalue weighted by molar-refractivity contribution is 0.122. The van der Waals surface area contributed by atoms with E-state index in [1.165, 1.54) is 6.07 Å². The average Bonchev–Trinajstić information content (AvgIpc) is 2.74. The summed E-state index contributed by atoms with van der Waals surface area (Å²) in [4.78, 5) is 19.8. The highest BCUT2D eigenvalue weighted by atomic mass is 79.9.